The van der Waals surface area contributed by atoms with Gasteiger partial charge in [-0.05, 0) is 55.8 Å². The van der Waals surface area contributed by atoms with Crippen molar-refractivity contribution in [2.45, 2.75) is 26.6 Å². The van der Waals surface area contributed by atoms with Crippen molar-refractivity contribution >= 4 is 11.7 Å². The Morgan fingerprint density at radius 2 is 1.74 bits per heavy atom. The Labute approximate surface area is 159 Å². The van der Waals surface area contributed by atoms with Gasteiger partial charge in [-0.2, -0.15) is 0 Å². The summed E-state index contributed by atoms with van der Waals surface area (Å²) in [4.78, 5) is 16.8. The molecule has 0 unspecified atom stereocenters. The third kappa shape index (κ3) is 5.31. The molecule has 0 bridgehead atoms. The summed E-state index contributed by atoms with van der Waals surface area (Å²) >= 11 is 0. The van der Waals surface area contributed by atoms with E-state index in [-0.39, 0.29) is 12.0 Å². The van der Waals surface area contributed by atoms with Crippen LogP contribution >= 0.6 is 0 Å². The van der Waals surface area contributed by atoms with Gasteiger partial charge in [-0.25, -0.2) is 4.98 Å². The lowest BCUT2D eigenvalue weighted by atomic mass is 10.2. The summed E-state index contributed by atoms with van der Waals surface area (Å²) in [6.45, 7) is 4.31. The van der Waals surface area contributed by atoms with Crippen LogP contribution in [0.1, 0.15) is 29.8 Å². The maximum atomic E-state index is 12.5. The Balaban J connectivity index is 1.67. The molecule has 2 aromatic carbocycles. The van der Waals surface area contributed by atoms with E-state index in [0.717, 1.165) is 11.3 Å². The number of pyridine rings is 1. The number of carbonyl (C=O) groups is 1. The van der Waals surface area contributed by atoms with Crippen LogP contribution in [0.4, 0.5) is 5.82 Å². The van der Waals surface area contributed by atoms with Gasteiger partial charge in [0.05, 0.1) is 6.10 Å². The van der Waals surface area contributed by atoms with E-state index in [1.54, 1.807) is 42.6 Å². The van der Waals surface area contributed by atoms with Gasteiger partial charge < -0.3 is 14.8 Å². The highest BCUT2D eigenvalue weighted by molar-refractivity contribution is 6.04. The molecule has 1 N–H and O–H groups in total. The predicted octanol–water partition coefficient (Wildman–Crippen LogP) is 4.70. The Morgan fingerprint density at radius 3 is 2.44 bits per heavy atom. The quantitative estimate of drug-likeness (QED) is 0.662. The van der Waals surface area contributed by atoms with Crippen LogP contribution in [0.15, 0.2) is 72.9 Å². The second kappa shape index (κ2) is 8.85. The summed E-state index contributed by atoms with van der Waals surface area (Å²) in [6, 6.07) is 20.4. The van der Waals surface area contributed by atoms with Crippen molar-refractivity contribution in [3.8, 4) is 11.5 Å². The minimum absolute atomic E-state index is 0.0857. The second-order valence-corrected chi connectivity index (χ2v) is 6.27. The average Bonchev–Trinajstić information content (AvgIpc) is 2.68. The summed E-state index contributed by atoms with van der Waals surface area (Å²) in [5.41, 5.74) is 1.56. The third-order valence-corrected chi connectivity index (χ3v) is 3.73. The van der Waals surface area contributed by atoms with Crippen molar-refractivity contribution in [1.29, 1.82) is 0 Å². The molecular weight excluding hydrogens is 340 g/mol. The lowest BCUT2D eigenvalue weighted by Gasteiger charge is -2.12. The van der Waals surface area contributed by atoms with Crippen LogP contribution in [-0.4, -0.2) is 17.0 Å². The topological polar surface area (TPSA) is 60.5 Å². The molecule has 5 nitrogen and oxygen atoms in total. The highest BCUT2D eigenvalue weighted by Crippen LogP contribution is 2.23. The van der Waals surface area contributed by atoms with Crippen molar-refractivity contribution in [1.82, 2.24) is 4.98 Å². The van der Waals surface area contributed by atoms with E-state index >= 15 is 0 Å². The molecule has 138 valence electrons. The van der Waals surface area contributed by atoms with Gasteiger partial charge in [0.1, 0.15) is 12.4 Å². The third-order valence-electron chi connectivity index (χ3n) is 3.73. The lowest BCUT2D eigenvalue weighted by molar-refractivity contribution is 0.102. The number of ether oxygens (including phenoxy) is 2. The molecule has 1 amide bonds. The van der Waals surface area contributed by atoms with E-state index in [9.17, 15) is 4.79 Å². The highest BCUT2D eigenvalue weighted by atomic mass is 16.5. The zero-order valence-electron chi connectivity index (χ0n) is 15.4. The maximum Gasteiger partial charge on any atom is 0.256 e. The Hall–Kier alpha value is -3.34. The minimum atomic E-state index is -0.255. The zero-order chi connectivity index (χ0) is 19.1. The SMILES string of the molecule is CC(C)Oc1ccc(C(=O)Nc2ncccc2OCc2ccccc2)cc1. The van der Waals surface area contributed by atoms with Crippen molar-refractivity contribution < 1.29 is 14.3 Å². The number of hydrogen-bond acceptors (Lipinski definition) is 4. The first-order chi connectivity index (χ1) is 13.1. The zero-order valence-corrected chi connectivity index (χ0v) is 15.4. The van der Waals surface area contributed by atoms with Crippen LogP contribution in [0.2, 0.25) is 0 Å². The Kier molecular flexibility index (Phi) is 6.05. The number of nitrogens with zero attached hydrogens (tertiary/aromatic N) is 1. The first-order valence-corrected chi connectivity index (χ1v) is 8.81. The standard InChI is InChI=1S/C22H22N2O3/c1-16(2)27-19-12-10-18(11-13-19)22(25)24-21-20(9-6-14-23-21)26-15-17-7-4-3-5-8-17/h3-14,16H,15H2,1-2H3,(H,23,24,25). The highest BCUT2D eigenvalue weighted by Gasteiger charge is 2.11. The summed E-state index contributed by atoms with van der Waals surface area (Å²) in [5, 5.41) is 2.81. The number of aromatic nitrogens is 1. The van der Waals surface area contributed by atoms with Crippen LogP contribution < -0.4 is 14.8 Å². The molecule has 0 aliphatic rings. The molecule has 0 fully saturated rings. The molecule has 27 heavy (non-hydrogen) atoms. The monoisotopic (exact) mass is 362 g/mol. The van der Waals surface area contributed by atoms with Gasteiger partial charge in [0.25, 0.3) is 5.91 Å². The van der Waals surface area contributed by atoms with Gasteiger partial charge in [0, 0.05) is 11.8 Å². The first kappa shape index (κ1) is 18.5. The molecule has 5 heteroatoms. The molecule has 0 saturated heterocycles. The number of carbonyl (C=O) groups excluding carboxylic acids is 1. The Morgan fingerprint density at radius 1 is 1.00 bits per heavy atom. The first-order valence-electron chi connectivity index (χ1n) is 8.81. The van der Waals surface area contributed by atoms with Gasteiger partial charge in [-0.3, -0.25) is 4.79 Å². The van der Waals surface area contributed by atoms with Crippen LogP contribution in [0, 0.1) is 0 Å². The van der Waals surface area contributed by atoms with E-state index < -0.39 is 0 Å². The molecule has 0 atom stereocenters. The van der Waals surface area contributed by atoms with Crippen molar-refractivity contribution in [3.63, 3.8) is 0 Å². The summed E-state index contributed by atoms with van der Waals surface area (Å²) in [5.74, 6) is 1.39. The van der Waals surface area contributed by atoms with Gasteiger partial charge in [0.2, 0.25) is 0 Å². The van der Waals surface area contributed by atoms with Crippen LogP contribution in [-0.2, 0) is 6.61 Å². The molecule has 3 aromatic rings. The van der Waals surface area contributed by atoms with Gasteiger partial charge in [-0.15, -0.1) is 0 Å². The van der Waals surface area contributed by atoms with Gasteiger partial charge in [-0.1, -0.05) is 30.3 Å². The predicted molar refractivity (Wildman–Crippen MR) is 105 cm³/mol. The largest absolute Gasteiger partial charge is 0.491 e. The van der Waals surface area contributed by atoms with Crippen LogP contribution in [0.25, 0.3) is 0 Å². The van der Waals surface area contributed by atoms with Crippen LogP contribution in [0.5, 0.6) is 11.5 Å². The summed E-state index contributed by atoms with van der Waals surface area (Å²) in [6.07, 6.45) is 1.70. The molecule has 1 aromatic heterocycles. The van der Waals surface area contributed by atoms with E-state index in [2.05, 4.69) is 10.3 Å². The van der Waals surface area contributed by atoms with Crippen molar-refractivity contribution in [2.24, 2.45) is 0 Å². The molecule has 3 rings (SSSR count). The number of rotatable bonds is 7. The van der Waals surface area contributed by atoms with E-state index in [4.69, 9.17) is 9.47 Å². The second-order valence-electron chi connectivity index (χ2n) is 6.27. The number of amides is 1. The Bertz CT molecular complexity index is 878. The fraction of sp³-hybridized carbons (Fsp3) is 0.182. The molecule has 0 spiro atoms. The molecule has 0 aliphatic carbocycles. The molecular formula is C22H22N2O3. The summed E-state index contributed by atoms with van der Waals surface area (Å²) in [7, 11) is 0. The molecule has 0 aliphatic heterocycles. The lowest BCUT2D eigenvalue weighted by Crippen LogP contribution is -2.14. The summed E-state index contributed by atoms with van der Waals surface area (Å²) < 4.78 is 11.4. The van der Waals surface area contributed by atoms with Gasteiger partial charge in [0.15, 0.2) is 11.6 Å². The van der Waals surface area contributed by atoms with Crippen molar-refractivity contribution in [3.05, 3.63) is 84.1 Å². The molecule has 0 radical (unpaired) electrons. The minimum Gasteiger partial charge on any atom is -0.491 e. The smallest absolute Gasteiger partial charge is 0.256 e. The van der Waals surface area contributed by atoms with Crippen LogP contribution in [0.3, 0.4) is 0 Å². The number of anilines is 1. The van der Waals surface area contributed by atoms with E-state index in [1.807, 2.05) is 44.2 Å². The van der Waals surface area contributed by atoms with E-state index in [0.29, 0.717) is 23.7 Å². The molecule has 1 heterocycles. The van der Waals surface area contributed by atoms with Gasteiger partial charge >= 0.3 is 0 Å². The number of benzene rings is 2. The normalized spacial score (nSPS) is 10.5. The van der Waals surface area contributed by atoms with Crippen molar-refractivity contribution in [2.75, 3.05) is 5.32 Å². The number of nitrogens with one attached hydrogen (secondary N) is 1. The fourth-order valence-electron chi connectivity index (χ4n) is 2.47. The van der Waals surface area contributed by atoms with E-state index in [1.165, 1.54) is 0 Å². The maximum absolute atomic E-state index is 12.5. The molecule has 0 saturated carbocycles. The fourth-order valence-corrected chi connectivity index (χ4v) is 2.47. The average molecular weight is 362 g/mol. The number of hydrogen-bond donors (Lipinski definition) is 1.